The van der Waals surface area contributed by atoms with Gasteiger partial charge in [0.1, 0.15) is 5.15 Å². The highest BCUT2D eigenvalue weighted by atomic mass is 35.5. The van der Waals surface area contributed by atoms with Gasteiger partial charge in [-0.25, -0.2) is 4.98 Å². The minimum atomic E-state index is 0.590. The molecule has 0 saturated carbocycles. The van der Waals surface area contributed by atoms with Gasteiger partial charge in [0.25, 0.3) is 0 Å². The molecule has 5 heteroatoms. The molecule has 1 aromatic heterocycles. The number of hydrogen-bond acceptors (Lipinski definition) is 4. The van der Waals surface area contributed by atoms with Gasteiger partial charge >= 0.3 is 0 Å². The van der Waals surface area contributed by atoms with E-state index in [-0.39, 0.29) is 0 Å². The molecular weight excluding hydrogens is 194 g/mol. The number of anilines is 1. The van der Waals surface area contributed by atoms with Crippen molar-refractivity contribution in [1.82, 2.24) is 10.3 Å². The Morgan fingerprint density at radius 3 is 2.92 bits per heavy atom. The monoisotopic (exact) mass is 203 g/mol. The molecule has 0 spiro atoms. The molecule has 1 N–H and O–H groups in total. The zero-order valence-corrected chi connectivity index (χ0v) is 8.32. The van der Waals surface area contributed by atoms with Gasteiger partial charge in [-0.15, -0.1) is 11.3 Å². The normalized spacial score (nSPS) is 17.5. The number of thiazole rings is 1. The molecule has 1 aliphatic rings. The second kappa shape index (κ2) is 3.20. The summed E-state index contributed by atoms with van der Waals surface area (Å²) in [4.78, 5) is 6.37. The van der Waals surface area contributed by atoms with Crippen LogP contribution in [0.4, 0.5) is 5.13 Å². The standard InChI is InChI=1S/C7H10ClN3S/c1-11(5-2-9-3-5)7-10-6(8)4-12-7/h4-5,9H,2-3H2,1H3. The van der Waals surface area contributed by atoms with E-state index in [0.29, 0.717) is 11.2 Å². The van der Waals surface area contributed by atoms with Crippen LogP contribution >= 0.6 is 22.9 Å². The summed E-state index contributed by atoms with van der Waals surface area (Å²) >= 11 is 7.32. The minimum absolute atomic E-state index is 0.590. The third-order valence-corrected chi connectivity index (χ3v) is 3.33. The first-order valence-corrected chi connectivity index (χ1v) is 5.07. The van der Waals surface area contributed by atoms with E-state index in [1.165, 1.54) is 0 Å². The Labute approximate surface area is 80.4 Å². The predicted octanol–water partition coefficient (Wildman–Crippen LogP) is 1.20. The molecule has 0 radical (unpaired) electrons. The van der Waals surface area contributed by atoms with Crippen LogP contribution < -0.4 is 10.2 Å². The Hall–Kier alpha value is -0.320. The highest BCUT2D eigenvalue weighted by molar-refractivity contribution is 7.14. The minimum Gasteiger partial charge on any atom is -0.346 e. The van der Waals surface area contributed by atoms with Gasteiger partial charge < -0.3 is 10.2 Å². The van der Waals surface area contributed by atoms with E-state index in [9.17, 15) is 0 Å². The van der Waals surface area contributed by atoms with Gasteiger partial charge in [0.05, 0.1) is 6.04 Å². The number of hydrogen-bond donors (Lipinski definition) is 1. The van der Waals surface area contributed by atoms with Crippen molar-refractivity contribution in [2.24, 2.45) is 0 Å². The van der Waals surface area contributed by atoms with Crippen molar-refractivity contribution in [3.63, 3.8) is 0 Å². The Morgan fingerprint density at radius 1 is 1.75 bits per heavy atom. The summed E-state index contributed by atoms with van der Waals surface area (Å²) in [5.74, 6) is 0. The van der Waals surface area contributed by atoms with Gasteiger partial charge in [-0.3, -0.25) is 0 Å². The number of nitrogens with one attached hydrogen (secondary N) is 1. The molecule has 2 heterocycles. The lowest BCUT2D eigenvalue weighted by Crippen LogP contribution is -2.56. The smallest absolute Gasteiger partial charge is 0.186 e. The number of nitrogens with zero attached hydrogens (tertiary/aromatic N) is 2. The van der Waals surface area contributed by atoms with Gasteiger partial charge in [-0.2, -0.15) is 0 Å². The van der Waals surface area contributed by atoms with E-state index < -0.39 is 0 Å². The lowest BCUT2D eigenvalue weighted by Gasteiger charge is -2.35. The van der Waals surface area contributed by atoms with Crippen molar-refractivity contribution < 1.29 is 0 Å². The van der Waals surface area contributed by atoms with Crippen molar-refractivity contribution >= 4 is 28.1 Å². The fourth-order valence-electron chi connectivity index (χ4n) is 1.11. The van der Waals surface area contributed by atoms with Crippen molar-refractivity contribution in [2.45, 2.75) is 6.04 Å². The maximum atomic E-state index is 5.73. The summed E-state index contributed by atoms with van der Waals surface area (Å²) in [5, 5.41) is 6.68. The molecule has 0 atom stereocenters. The number of halogens is 1. The summed E-state index contributed by atoms with van der Waals surface area (Å²) in [6.07, 6.45) is 0. The topological polar surface area (TPSA) is 28.2 Å². The van der Waals surface area contributed by atoms with Crippen LogP contribution in [0.15, 0.2) is 5.38 Å². The third kappa shape index (κ3) is 1.42. The highest BCUT2D eigenvalue weighted by Crippen LogP contribution is 2.24. The SMILES string of the molecule is CN(c1nc(Cl)cs1)C1CNC1. The maximum Gasteiger partial charge on any atom is 0.186 e. The maximum absolute atomic E-state index is 5.73. The zero-order chi connectivity index (χ0) is 8.55. The van der Waals surface area contributed by atoms with Crippen LogP contribution in [0, 0.1) is 0 Å². The van der Waals surface area contributed by atoms with Gasteiger partial charge in [-0.05, 0) is 0 Å². The molecule has 3 nitrogen and oxygen atoms in total. The van der Waals surface area contributed by atoms with Crippen molar-refractivity contribution in [2.75, 3.05) is 25.0 Å². The first-order chi connectivity index (χ1) is 5.77. The average Bonchev–Trinajstić information content (AvgIpc) is 2.31. The zero-order valence-electron chi connectivity index (χ0n) is 6.75. The van der Waals surface area contributed by atoms with Crippen LogP contribution in [0.2, 0.25) is 5.15 Å². The third-order valence-electron chi connectivity index (χ3n) is 2.07. The van der Waals surface area contributed by atoms with E-state index in [1.807, 2.05) is 5.38 Å². The largest absolute Gasteiger partial charge is 0.346 e. The molecule has 0 aliphatic carbocycles. The molecule has 66 valence electrons. The molecule has 1 aromatic rings. The van der Waals surface area contributed by atoms with Gasteiger partial charge in [0.15, 0.2) is 5.13 Å². The van der Waals surface area contributed by atoms with Crippen molar-refractivity contribution in [1.29, 1.82) is 0 Å². The average molecular weight is 204 g/mol. The van der Waals surface area contributed by atoms with Crippen LogP contribution in [-0.4, -0.2) is 31.2 Å². The molecular formula is C7H10ClN3S. The Bertz CT molecular complexity index is 271. The second-order valence-corrected chi connectivity index (χ2v) is 4.10. The summed E-state index contributed by atoms with van der Waals surface area (Å²) in [6.45, 7) is 2.10. The molecule has 0 aromatic carbocycles. The van der Waals surface area contributed by atoms with Gasteiger partial charge in [-0.1, -0.05) is 11.6 Å². The quantitative estimate of drug-likeness (QED) is 0.783. The molecule has 12 heavy (non-hydrogen) atoms. The number of aromatic nitrogens is 1. The highest BCUT2D eigenvalue weighted by Gasteiger charge is 2.23. The Morgan fingerprint density at radius 2 is 2.50 bits per heavy atom. The summed E-state index contributed by atoms with van der Waals surface area (Å²) in [6, 6.07) is 0.590. The molecule has 2 rings (SSSR count). The van der Waals surface area contributed by atoms with E-state index in [1.54, 1.807) is 11.3 Å². The van der Waals surface area contributed by atoms with Gasteiger partial charge in [0.2, 0.25) is 0 Å². The molecule has 1 saturated heterocycles. The molecule has 0 bridgehead atoms. The van der Waals surface area contributed by atoms with Crippen LogP contribution in [0.5, 0.6) is 0 Å². The van der Waals surface area contributed by atoms with Crippen molar-refractivity contribution in [3.8, 4) is 0 Å². The molecule has 1 fully saturated rings. The molecule has 0 unspecified atom stereocenters. The lowest BCUT2D eigenvalue weighted by molar-refractivity contribution is 0.428. The van der Waals surface area contributed by atoms with E-state index in [0.717, 1.165) is 18.2 Å². The fraction of sp³-hybridized carbons (Fsp3) is 0.571. The van der Waals surface area contributed by atoms with E-state index in [2.05, 4.69) is 22.2 Å². The van der Waals surface area contributed by atoms with Crippen LogP contribution in [0.1, 0.15) is 0 Å². The number of rotatable bonds is 2. The first kappa shape index (κ1) is 8.29. The van der Waals surface area contributed by atoms with Gasteiger partial charge in [0, 0.05) is 25.5 Å². The first-order valence-electron chi connectivity index (χ1n) is 3.82. The Kier molecular flexibility index (Phi) is 2.21. The molecule has 0 amide bonds. The second-order valence-electron chi connectivity index (χ2n) is 2.88. The number of likely N-dealkylation sites (N-methyl/N-ethyl adjacent to an activating group) is 1. The van der Waals surface area contributed by atoms with Crippen LogP contribution in [0.25, 0.3) is 0 Å². The van der Waals surface area contributed by atoms with E-state index in [4.69, 9.17) is 11.6 Å². The summed E-state index contributed by atoms with van der Waals surface area (Å²) in [7, 11) is 2.06. The Balaban J connectivity index is 2.08. The van der Waals surface area contributed by atoms with Crippen LogP contribution in [-0.2, 0) is 0 Å². The predicted molar refractivity (Wildman–Crippen MR) is 52.2 cm³/mol. The fourth-order valence-corrected chi connectivity index (χ4v) is 2.10. The summed E-state index contributed by atoms with van der Waals surface area (Å²) < 4.78 is 0. The van der Waals surface area contributed by atoms with Crippen molar-refractivity contribution in [3.05, 3.63) is 10.5 Å². The van der Waals surface area contributed by atoms with Crippen LogP contribution in [0.3, 0.4) is 0 Å². The summed E-state index contributed by atoms with van der Waals surface area (Å²) in [5.41, 5.74) is 0. The van der Waals surface area contributed by atoms with E-state index >= 15 is 0 Å². The lowest BCUT2D eigenvalue weighted by atomic mass is 10.2. The molecule has 1 aliphatic heterocycles.